The maximum atomic E-state index is 5.66. The topological polar surface area (TPSA) is 50.7 Å². The van der Waals surface area contributed by atoms with Crippen LogP contribution in [0.3, 0.4) is 0 Å². The molecule has 0 bridgehead atoms. The van der Waals surface area contributed by atoms with E-state index in [2.05, 4.69) is 108 Å². The Kier molecular flexibility index (Phi) is 13.2. The van der Waals surface area contributed by atoms with Gasteiger partial charge in [0.2, 0.25) is 0 Å². The van der Waals surface area contributed by atoms with Crippen molar-refractivity contribution in [2.24, 2.45) is 0 Å². The molecule has 2 heterocycles. The van der Waals surface area contributed by atoms with Gasteiger partial charge in [-0.05, 0) is 51.2 Å². The number of aromatic nitrogens is 2. The number of hydrogen-bond donors (Lipinski definition) is 0. The van der Waals surface area contributed by atoms with Crippen LogP contribution in [0.25, 0.3) is 44.8 Å². The van der Waals surface area contributed by atoms with Gasteiger partial charge in [0.25, 0.3) is 0 Å². The summed E-state index contributed by atoms with van der Waals surface area (Å²) in [5.74, 6) is 1.56. The van der Waals surface area contributed by atoms with Crippen LogP contribution in [0.15, 0.2) is 97.3 Å². The number of methoxy groups -OCH3 is 2. The minimum Gasteiger partial charge on any atom is -0.540 e. The zero-order valence-electron chi connectivity index (χ0n) is 31.2. The van der Waals surface area contributed by atoms with Crippen molar-refractivity contribution in [3.63, 3.8) is 0 Å². The van der Waals surface area contributed by atoms with Gasteiger partial charge in [-0.2, -0.15) is 0 Å². The van der Waals surface area contributed by atoms with Crippen LogP contribution in [-0.2, 0) is 21.1 Å². The van der Waals surface area contributed by atoms with Crippen molar-refractivity contribution in [3.05, 3.63) is 132 Å². The maximum Gasteiger partial charge on any atom is 2.00 e. The average Bonchev–Trinajstić information content (AvgIpc) is 3.11. The van der Waals surface area contributed by atoms with Gasteiger partial charge in [-0.15, -0.1) is 24.3 Å². The van der Waals surface area contributed by atoms with Gasteiger partial charge in [0, 0.05) is 63.5 Å². The van der Waals surface area contributed by atoms with Gasteiger partial charge in [-0.3, -0.25) is 0 Å². The van der Waals surface area contributed by atoms with Crippen LogP contribution in [-0.4, -0.2) is 52.4 Å². The first-order valence-electron chi connectivity index (χ1n) is 16.6. The molecule has 0 fully saturated rings. The summed E-state index contributed by atoms with van der Waals surface area (Å²) in [6, 6.07) is 35.7. The van der Waals surface area contributed by atoms with Gasteiger partial charge in [0.05, 0.1) is 14.2 Å². The smallest absolute Gasteiger partial charge is 0.540 e. The molecular formula is C44H46N4O2Pt. The predicted molar refractivity (Wildman–Crippen MR) is 209 cm³/mol. The van der Waals surface area contributed by atoms with E-state index in [0.29, 0.717) is 0 Å². The number of anilines is 2. The molecule has 4 aromatic carbocycles. The van der Waals surface area contributed by atoms with E-state index in [1.165, 1.54) is 33.4 Å². The van der Waals surface area contributed by atoms with Crippen molar-refractivity contribution >= 4 is 11.4 Å². The summed E-state index contributed by atoms with van der Waals surface area (Å²) in [4.78, 5) is 13.1. The van der Waals surface area contributed by atoms with Crippen molar-refractivity contribution in [1.82, 2.24) is 9.97 Å². The minimum atomic E-state index is 0. The fraction of sp³-hybridized carbons (Fsp3) is 0.227. The SMILES string of the molecule is COc1cc(-c2c(C)cccc2C)c[c-]c1-c1cc(N(C)C)ccn1.COc1cc(-c2c(C)cccc2C)c[c-]c1-c1cc(N(C)C)ccn1.[Pt+2]. The van der Waals surface area contributed by atoms with Crippen LogP contribution in [0, 0.1) is 39.8 Å². The van der Waals surface area contributed by atoms with E-state index in [1.54, 1.807) is 14.2 Å². The van der Waals surface area contributed by atoms with E-state index in [0.717, 1.165) is 56.5 Å². The number of pyridine rings is 2. The molecule has 0 aliphatic carbocycles. The molecule has 0 aliphatic rings. The fourth-order valence-electron chi connectivity index (χ4n) is 6.17. The molecule has 0 N–H and O–H groups in total. The van der Waals surface area contributed by atoms with E-state index in [-0.39, 0.29) is 21.1 Å². The molecule has 6 nitrogen and oxygen atoms in total. The Morgan fingerprint density at radius 1 is 0.529 bits per heavy atom. The van der Waals surface area contributed by atoms with Crippen molar-refractivity contribution in [2.45, 2.75) is 27.7 Å². The summed E-state index contributed by atoms with van der Waals surface area (Å²) in [6.45, 7) is 8.52. The Labute approximate surface area is 318 Å². The molecule has 0 radical (unpaired) electrons. The molecule has 0 amide bonds. The monoisotopic (exact) mass is 857 g/mol. The standard InChI is InChI=1S/2C22H23N2O.Pt/c2*1-15-7-6-8-16(2)22(15)17-9-10-19(21(13-17)25-5)20-14-18(24(3)4)11-12-23-20;/h2*6-9,11-14H,1-5H3;/q2*-1;+2. The second kappa shape index (κ2) is 17.3. The maximum absolute atomic E-state index is 5.66. The number of nitrogens with zero attached hydrogens (tertiary/aromatic N) is 4. The number of aryl methyl sites for hydroxylation is 4. The molecule has 0 unspecified atom stereocenters. The molecule has 264 valence electrons. The third-order valence-corrected chi connectivity index (χ3v) is 8.82. The molecular weight excluding hydrogens is 812 g/mol. The first kappa shape index (κ1) is 38.9. The van der Waals surface area contributed by atoms with Crippen LogP contribution < -0.4 is 19.3 Å². The first-order valence-corrected chi connectivity index (χ1v) is 16.6. The summed E-state index contributed by atoms with van der Waals surface area (Å²) < 4.78 is 11.3. The van der Waals surface area contributed by atoms with Crippen LogP contribution >= 0.6 is 0 Å². The van der Waals surface area contributed by atoms with Crippen LogP contribution in [0.1, 0.15) is 22.3 Å². The van der Waals surface area contributed by atoms with E-state index in [4.69, 9.17) is 9.47 Å². The fourth-order valence-corrected chi connectivity index (χ4v) is 6.17. The molecule has 0 spiro atoms. The molecule has 0 saturated carbocycles. The summed E-state index contributed by atoms with van der Waals surface area (Å²) in [6.07, 6.45) is 3.63. The molecule has 0 aliphatic heterocycles. The summed E-state index contributed by atoms with van der Waals surface area (Å²) >= 11 is 0. The van der Waals surface area contributed by atoms with Crippen molar-refractivity contribution in [1.29, 1.82) is 0 Å². The van der Waals surface area contributed by atoms with E-state index < -0.39 is 0 Å². The third-order valence-electron chi connectivity index (χ3n) is 8.82. The van der Waals surface area contributed by atoms with Crippen LogP contribution in [0.4, 0.5) is 11.4 Å². The Balaban J connectivity index is 0.000000224. The van der Waals surface area contributed by atoms with Gasteiger partial charge in [0.1, 0.15) is 0 Å². The zero-order chi connectivity index (χ0) is 35.9. The molecule has 0 atom stereocenters. The Morgan fingerprint density at radius 2 is 0.882 bits per heavy atom. The normalized spacial score (nSPS) is 10.4. The third kappa shape index (κ3) is 8.87. The molecule has 6 aromatic rings. The molecule has 7 heteroatoms. The number of rotatable bonds is 8. The first-order chi connectivity index (χ1) is 24.0. The Morgan fingerprint density at radius 3 is 1.20 bits per heavy atom. The average molecular weight is 858 g/mol. The van der Waals surface area contributed by atoms with Crippen LogP contribution in [0.2, 0.25) is 0 Å². The number of hydrogen-bond acceptors (Lipinski definition) is 6. The second-order valence-electron chi connectivity index (χ2n) is 12.8. The van der Waals surface area contributed by atoms with Gasteiger partial charge in [0.15, 0.2) is 0 Å². The molecule has 2 aromatic heterocycles. The van der Waals surface area contributed by atoms with Gasteiger partial charge < -0.3 is 29.2 Å². The Bertz CT molecular complexity index is 1920. The minimum absolute atomic E-state index is 0. The summed E-state index contributed by atoms with van der Waals surface area (Å²) in [5, 5.41) is 0. The van der Waals surface area contributed by atoms with E-state index in [1.807, 2.05) is 77.0 Å². The number of ether oxygens (including phenoxy) is 2. The largest absolute Gasteiger partial charge is 2.00 e. The quantitative estimate of drug-likeness (QED) is 0.142. The summed E-state index contributed by atoms with van der Waals surface area (Å²) in [5.41, 5.74) is 15.3. The van der Waals surface area contributed by atoms with E-state index >= 15 is 0 Å². The van der Waals surface area contributed by atoms with Crippen molar-refractivity contribution in [2.75, 3.05) is 52.2 Å². The summed E-state index contributed by atoms with van der Waals surface area (Å²) in [7, 11) is 11.5. The Hall–Kier alpha value is -4.93. The van der Waals surface area contributed by atoms with E-state index in [9.17, 15) is 0 Å². The zero-order valence-corrected chi connectivity index (χ0v) is 33.4. The van der Waals surface area contributed by atoms with Crippen molar-refractivity contribution in [3.8, 4) is 56.3 Å². The molecule has 6 rings (SSSR count). The van der Waals surface area contributed by atoms with Crippen molar-refractivity contribution < 1.29 is 30.5 Å². The van der Waals surface area contributed by atoms with Gasteiger partial charge in [-0.25, -0.2) is 0 Å². The molecule has 0 saturated heterocycles. The predicted octanol–water partition coefficient (Wildman–Crippen LogP) is 9.81. The van der Waals surface area contributed by atoms with Gasteiger partial charge >= 0.3 is 21.1 Å². The molecule has 51 heavy (non-hydrogen) atoms. The van der Waals surface area contributed by atoms with Crippen LogP contribution in [0.5, 0.6) is 11.5 Å². The van der Waals surface area contributed by atoms with Gasteiger partial charge in [-0.1, -0.05) is 116 Å². The number of benzene rings is 4. The second-order valence-corrected chi connectivity index (χ2v) is 12.8.